The fourth-order valence-corrected chi connectivity index (χ4v) is 2.56. The molecule has 19 heavy (non-hydrogen) atoms. The fourth-order valence-electron chi connectivity index (χ4n) is 1.76. The number of nitrogens with zero attached hydrogens (tertiary/aromatic N) is 2. The van der Waals surface area contributed by atoms with E-state index in [-0.39, 0.29) is 12.0 Å². The molecule has 0 atom stereocenters. The first-order valence-corrected chi connectivity index (χ1v) is 7.00. The van der Waals surface area contributed by atoms with Crippen molar-refractivity contribution in [2.24, 2.45) is 11.3 Å². The van der Waals surface area contributed by atoms with Crippen molar-refractivity contribution in [2.45, 2.75) is 20.3 Å². The highest BCUT2D eigenvalue weighted by Gasteiger charge is 2.18. The minimum atomic E-state index is -0.000407. The first-order chi connectivity index (χ1) is 9.05. The number of aliphatic hydroxyl groups excluding tert-OH is 1. The molecule has 0 bridgehead atoms. The Hall–Kier alpha value is -1.44. The Morgan fingerprint density at radius 1 is 1.42 bits per heavy atom. The van der Waals surface area contributed by atoms with Crippen LogP contribution < -0.4 is 16.6 Å². The van der Waals surface area contributed by atoms with E-state index in [0.29, 0.717) is 5.95 Å². The fraction of sp³-hybridized carbons (Fsp3) is 0.500. The van der Waals surface area contributed by atoms with E-state index in [1.807, 2.05) is 11.4 Å². The van der Waals surface area contributed by atoms with Crippen molar-refractivity contribution in [3.8, 4) is 0 Å². The molecule has 0 aliphatic heterocycles. The monoisotopic (exact) mass is 281 g/mol. The van der Waals surface area contributed by atoms with E-state index in [1.54, 1.807) is 11.3 Å². The molecule has 0 aliphatic rings. The lowest BCUT2D eigenvalue weighted by atomic mass is 9.90. The highest BCUT2D eigenvalue weighted by molar-refractivity contribution is 7.17. The van der Waals surface area contributed by atoms with Crippen molar-refractivity contribution in [3.63, 3.8) is 0 Å². The van der Waals surface area contributed by atoms with E-state index in [4.69, 9.17) is 10.9 Å². The third kappa shape index (κ3) is 3.31. The van der Waals surface area contributed by atoms with Gasteiger partial charge in [0.05, 0.1) is 10.2 Å². The molecule has 0 amide bonds. The molecule has 0 aromatic carbocycles. The van der Waals surface area contributed by atoms with Gasteiger partial charge in [0.25, 0.3) is 0 Å². The van der Waals surface area contributed by atoms with Crippen molar-refractivity contribution in [1.82, 2.24) is 9.97 Å². The van der Waals surface area contributed by atoms with Crippen LogP contribution in [0, 0.1) is 5.41 Å². The second kappa shape index (κ2) is 5.68. The van der Waals surface area contributed by atoms with Gasteiger partial charge in [0.1, 0.15) is 5.82 Å². The molecule has 0 radical (unpaired) electrons. The molecule has 5 N–H and O–H groups in total. The van der Waals surface area contributed by atoms with Gasteiger partial charge in [-0.3, -0.25) is 5.43 Å². The zero-order valence-electron chi connectivity index (χ0n) is 11.1. The number of nitrogens with one attached hydrogen (secondary N) is 2. The van der Waals surface area contributed by atoms with E-state index >= 15 is 0 Å². The van der Waals surface area contributed by atoms with Gasteiger partial charge >= 0.3 is 0 Å². The zero-order valence-corrected chi connectivity index (χ0v) is 11.9. The van der Waals surface area contributed by atoms with Crippen molar-refractivity contribution in [2.75, 3.05) is 23.9 Å². The van der Waals surface area contributed by atoms with Gasteiger partial charge in [-0.1, -0.05) is 13.8 Å². The van der Waals surface area contributed by atoms with Gasteiger partial charge in [-0.05, 0) is 23.3 Å². The quantitative estimate of drug-likeness (QED) is 0.476. The minimum absolute atomic E-state index is 0.000407. The summed E-state index contributed by atoms with van der Waals surface area (Å²) < 4.78 is 1.01. The average molecular weight is 281 g/mol. The number of anilines is 2. The summed E-state index contributed by atoms with van der Waals surface area (Å²) in [5.74, 6) is 6.55. The number of rotatable bonds is 6. The summed E-state index contributed by atoms with van der Waals surface area (Å²) in [6.07, 6.45) is 0.737. The lowest BCUT2D eigenvalue weighted by molar-refractivity contribution is 0.220. The Kier molecular flexibility index (Phi) is 4.18. The number of nitrogen functional groups attached to an aromatic ring is 1. The van der Waals surface area contributed by atoms with Crippen molar-refractivity contribution in [1.29, 1.82) is 0 Å². The maximum atomic E-state index is 9.04. The van der Waals surface area contributed by atoms with Crippen LogP contribution in [0.2, 0.25) is 0 Å². The Morgan fingerprint density at radius 3 is 2.89 bits per heavy atom. The van der Waals surface area contributed by atoms with Crippen LogP contribution in [0.5, 0.6) is 0 Å². The van der Waals surface area contributed by atoms with E-state index in [0.717, 1.165) is 29.0 Å². The highest BCUT2D eigenvalue weighted by Crippen LogP contribution is 2.28. The smallest absolute Gasteiger partial charge is 0.239 e. The molecule has 104 valence electrons. The highest BCUT2D eigenvalue weighted by atomic mass is 32.1. The Morgan fingerprint density at radius 2 is 2.21 bits per heavy atom. The van der Waals surface area contributed by atoms with Crippen LogP contribution in [0.1, 0.15) is 20.3 Å². The molecule has 2 rings (SSSR count). The average Bonchev–Trinajstić information content (AvgIpc) is 2.83. The van der Waals surface area contributed by atoms with Crippen LogP contribution in [0.3, 0.4) is 0 Å². The summed E-state index contributed by atoms with van der Waals surface area (Å²) in [6, 6.07) is 1.94. The molecular weight excluding hydrogens is 262 g/mol. The largest absolute Gasteiger partial charge is 0.396 e. The molecule has 0 saturated heterocycles. The topological polar surface area (TPSA) is 96.1 Å². The SMILES string of the molecule is CC(C)(CCO)CNc1nc(NN)nc2ccsc12. The molecule has 2 aromatic heterocycles. The summed E-state index contributed by atoms with van der Waals surface area (Å²) in [5.41, 5.74) is 3.34. The van der Waals surface area contributed by atoms with Gasteiger partial charge in [0, 0.05) is 13.2 Å². The molecule has 0 fully saturated rings. The lowest BCUT2D eigenvalue weighted by Gasteiger charge is -2.24. The van der Waals surface area contributed by atoms with Crippen LogP contribution >= 0.6 is 11.3 Å². The summed E-state index contributed by atoms with van der Waals surface area (Å²) in [4.78, 5) is 8.62. The minimum Gasteiger partial charge on any atom is -0.396 e. The first kappa shape index (κ1) is 14.0. The Bertz CT molecular complexity index is 554. The maximum absolute atomic E-state index is 9.04. The molecular formula is C12H19N5OS. The third-order valence-electron chi connectivity index (χ3n) is 2.96. The normalized spacial score (nSPS) is 11.8. The number of nitrogens with two attached hydrogens (primary N) is 1. The van der Waals surface area contributed by atoms with E-state index in [2.05, 4.69) is 34.6 Å². The van der Waals surface area contributed by atoms with Crippen molar-refractivity contribution >= 4 is 33.3 Å². The number of hydrogen-bond acceptors (Lipinski definition) is 7. The third-order valence-corrected chi connectivity index (χ3v) is 3.87. The standard InChI is InChI=1S/C12H19N5OS/c1-12(2,4-5-18)7-14-10-9-8(3-6-19-9)15-11(16-10)17-13/h3,6,18H,4-5,7,13H2,1-2H3,(H2,14,15,16,17). The van der Waals surface area contributed by atoms with E-state index in [9.17, 15) is 0 Å². The zero-order chi connectivity index (χ0) is 13.9. The number of aliphatic hydroxyl groups is 1. The van der Waals surface area contributed by atoms with Gasteiger partial charge in [-0.15, -0.1) is 11.3 Å². The summed E-state index contributed by atoms with van der Waals surface area (Å²) >= 11 is 1.59. The van der Waals surface area contributed by atoms with Crippen LogP contribution in [0.4, 0.5) is 11.8 Å². The molecule has 7 heteroatoms. The number of fused-ring (bicyclic) bond motifs is 1. The van der Waals surface area contributed by atoms with Crippen molar-refractivity contribution < 1.29 is 5.11 Å². The number of thiophene rings is 1. The molecule has 2 aromatic rings. The van der Waals surface area contributed by atoms with E-state index in [1.165, 1.54) is 0 Å². The number of hydrazine groups is 1. The van der Waals surface area contributed by atoms with Gasteiger partial charge in [0.15, 0.2) is 0 Å². The van der Waals surface area contributed by atoms with Crippen molar-refractivity contribution in [3.05, 3.63) is 11.4 Å². The molecule has 6 nitrogen and oxygen atoms in total. The van der Waals surface area contributed by atoms with Crippen LogP contribution in [-0.2, 0) is 0 Å². The Balaban J connectivity index is 2.22. The van der Waals surface area contributed by atoms with Crippen LogP contribution in [0.25, 0.3) is 10.2 Å². The van der Waals surface area contributed by atoms with Gasteiger partial charge in [-0.25, -0.2) is 10.8 Å². The predicted octanol–water partition coefficient (Wildman–Crippen LogP) is 1.80. The molecule has 0 saturated carbocycles. The predicted molar refractivity (Wildman–Crippen MR) is 79.2 cm³/mol. The maximum Gasteiger partial charge on any atom is 0.239 e. The molecule has 2 heterocycles. The molecule has 0 unspecified atom stereocenters. The lowest BCUT2D eigenvalue weighted by Crippen LogP contribution is -2.25. The van der Waals surface area contributed by atoms with E-state index < -0.39 is 0 Å². The Labute approximate surface area is 116 Å². The summed E-state index contributed by atoms with van der Waals surface area (Å²) in [6.45, 7) is 5.11. The second-order valence-electron chi connectivity index (χ2n) is 5.17. The van der Waals surface area contributed by atoms with Gasteiger partial charge < -0.3 is 10.4 Å². The van der Waals surface area contributed by atoms with Gasteiger partial charge in [0.2, 0.25) is 5.95 Å². The van der Waals surface area contributed by atoms with Gasteiger partial charge in [-0.2, -0.15) is 4.98 Å². The summed E-state index contributed by atoms with van der Waals surface area (Å²) in [7, 11) is 0. The number of hydrogen-bond donors (Lipinski definition) is 4. The summed E-state index contributed by atoms with van der Waals surface area (Å²) in [5, 5.41) is 14.3. The molecule has 0 aliphatic carbocycles. The number of aromatic nitrogens is 2. The molecule has 0 spiro atoms. The second-order valence-corrected chi connectivity index (χ2v) is 6.08. The van der Waals surface area contributed by atoms with Crippen LogP contribution in [0.15, 0.2) is 11.4 Å². The van der Waals surface area contributed by atoms with Crippen LogP contribution in [-0.4, -0.2) is 28.2 Å². The first-order valence-electron chi connectivity index (χ1n) is 6.12.